The number of fused-ring (bicyclic) bond motifs is 1. The summed E-state index contributed by atoms with van der Waals surface area (Å²) in [6, 6.07) is 6.88. The zero-order valence-electron chi connectivity index (χ0n) is 12.3. The number of halogens is 2. The van der Waals surface area contributed by atoms with Gasteiger partial charge in [-0.05, 0) is 18.6 Å². The van der Waals surface area contributed by atoms with Crippen LogP contribution in [0.15, 0.2) is 35.1 Å². The molecule has 0 unspecified atom stereocenters. The first-order valence-electron chi connectivity index (χ1n) is 7.08. The number of nitrogens with zero attached hydrogens (tertiary/aromatic N) is 3. The van der Waals surface area contributed by atoms with Crippen LogP contribution in [0.5, 0.6) is 0 Å². The first-order valence-corrected chi connectivity index (χ1v) is 7.08. The Morgan fingerprint density at radius 3 is 2.91 bits per heavy atom. The third kappa shape index (κ3) is 2.92. The standard InChI is InChI=1S/C15H14F2N4O2/c1-2-11-10(8-23-20-11)15(22)18-14-9-5-3-4-6-12(9)21(19-14)7-13(16)17/h3-6,8,13H,2,7H2,1H3,(H,18,19,22). The van der Waals surface area contributed by atoms with Crippen LogP contribution >= 0.6 is 0 Å². The number of hydrogen-bond acceptors (Lipinski definition) is 4. The van der Waals surface area contributed by atoms with E-state index in [2.05, 4.69) is 15.6 Å². The van der Waals surface area contributed by atoms with E-state index in [9.17, 15) is 13.6 Å². The van der Waals surface area contributed by atoms with Crippen LogP contribution in [0.4, 0.5) is 14.6 Å². The van der Waals surface area contributed by atoms with Gasteiger partial charge in [-0.25, -0.2) is 8.78 Å². The summed E-state index contributed by atoms with van der Waals surface area (Å²) in [5.74, 6) is -0.204. The molecule has 2 aromatic heterocycles. The van der Waals surface area contributed by atoms with E-state index < -0.39 is 18.9 Å². The predicted octanol–water partition coefficient (Wildman–Crippen LogP) is 3.10. The number of nitrogens with one attached hydrogen (secondary N) is 1. The molecule has 0 saturated heterocycles. The molecule has 3 aromatic rings. The molecule has 1 N–H and O–H groups in total. The van der Waals surface area contributed by atoms with Crippen molar-refractivity contribution in [2.75, 3.05) is 5.32 Å². The zero-order chi connectivity index (χ0) is 16.4. The van der Waals surface area contributed by atoms with Crippen LogP contribution in [-0.4, -0.2) is 27.3 Å². The maximum atomic E-state index is 12.7. The second kappa shape index (κ2) is 6.15. The van der Waals surface area contributed by atoms with Crippen molar-refractivity contribution in [2.24, 2.45) is 0 Å². The molecule has 8 heteroatoms. The average molecular weight is 320 g/mol. The third-order valence-corrected chi connectivity index (χ3v) is 3.42. The molecular formula is C15H14F2N4O2. The second-order valence-corrected chi connectivity index (χ2v) is 4.92. The molecule has 0 spiro atoms. The molecule has 0 fully saturated rings. The summed E-state index contributed by atoms with van der Waals surface area (Å²) in [4.78, 5) is 12.3. The Bertz CT molecular complexity index is 841. The van der Waals surface area contributed by atoms with E-state index in [1.807, 2.05) is 6.92 Å². The minimum Gasteiger partial charge on any atom is -0.364 e. The Hall–Kier alpha value is -2.77. The van der Waals surface area contributed by atoms with Crippen LogP contribution in [0.3, 0.4) is 0 Å². The fourth-order valence-corrected chi connectivity index (χ4v) is 2.36. The number of benzene rings is 1. The van der Waals surface area contributed by atoms with Crippen LogP contribution in [0.1, 0.15) is 23.0 Å². The molecule has 23 heavy (non-hydrogen) atoms. The number of carbonyl (C=O) groups excluding carboxylic acids is 1. The highest BCUT2D eigenvalue weighted by Gasteiger charge is 2.19. The van der Waals surface area contributed by atoms with Crippen LogP contribution in [-0.2, 0) is 13.0 Å². The summed E-state index contributed by atoms with van der Waals surface area (Å²) in [5, 5.41) is 11.1. The number of aromatic nitrogens is 3. The highest BCUT2D eigenvalue weighted by atomic mass is 19.3. The van der Waals surface area contributed by atoms with Crippen molar-refractivity contribution in [1.82, 2.24) is 14.9 Å². The molecule has 1 aromatic carbocycles. The summed E-state index contributed by atoms with van der Waals surface area (Å²) in [6.45, 7) is 1.31. The third-order valence-electron chi connectivity index (χ3n) is 3.42. The van der Waals surface area contributed by atoms with E-state index in [1.54, 1.807) is 24.3 Å². The second-order valence-electron chi connectivity index (χ2n) is 4.92. The van der Waals surface area contributed by atoms with Crippen LogP contribution in [0.25, 0.3) is 10.9 Å². The molecule has 0 aliphatic heterocycles. The van der Waals surface area contributed by atoms with Gasteiger partial charge in [-0.3, -0.25) is 9.48 Å². The van der Waals surface area contributed by atoms with Gasteiger partial charge in [-0.15, -0.1) is 0 Å². The van der Waals surface area contributed by atoms with Crippen molar-refractivity contribution in [3.8, 4) is 0 Å². The van der Waals surface area contributed by atoms with E-state index >= 15 is 0 Å². The van der Waals surface area contributed by atoms with Crippen molar-refractivity contribution < 1.29 is 18.1 Å². The Balaban J connectivity index is 1.95. The fraction of sp³-hybridized carbons (Fsp3) is 0.267. The normalized spacial score (nSPS) is 11.3. The van der Waals surface area contributed by atoms with Gasteiger partial charge in [0.05, 0.1) is 11.2 Å². The molecular weight excluding hydrogens is 306 g/mol. The first-order chi connectivity index (χ1) is 11.1. The van der Waals surface area contributed by atoms with Gasteiger partial charge in [0, 0.05) is 5.39 Å². The minimum absolute atomic E-state index is 0.231. The molecule has 0 atom stereocenters. The Morgan fingerprint density at radius 1 is 1.39 bits per heavy atom. The van der Waals surface area contributed by atoms with Gasteiger partial charge in [0.25, 0.3) is 12.3 Å². The number of anilines is 1. The SMILES string of the molecule is CCc1nocc1C(=O)Nc1nn(CC(F)F)c2ccccc12. The monoisotopic (exact) mass is 320 g/mol. The van der Waals surface area contributed by atoms with E-state index in [-0.39, 0.29) is 5.82 Å². The Labute approximate surface area is 130 Å². The number of aryl methyl sites for hydroxylation is 1. The molecule has 0 aliphatic carbocycles. The van der Waals surface area contributed by atoms with Crippen LogP contribution in [0, 0.1) is 0 Å². The lowest BCUT2D eigenvalue weighted by Gasteiger charge is -2.01. The number of rotatable bonds is 5. The first kappa shape index (κ1) is 15.1. The molecule has 1 amide bonds. The summed E-state index contributed by atoms with van der Waals surface area (Å²) in [7, 11) is 0. The lowest BCUT2D eigenvalue weighted by atomic mass is 10.2. The summed E-state index contributed by atoms with van der Waals surface area (Å²) < 4.78 is 31.3. The number of hydrogen-bond donors (Lipinski definition) is 1. The number of amides is 1. The fourth-order valence-electron chi connectivity index (χ4n) is 2.36. The smallest absolute Gasteiger partial charge is 0.262 e. The van der Waals surface area contributed by atoms with Crippen molar-refractivity contribution >= 4 is 22.6 Å². The van der Waals surface area contributed by atoms with Crippen LogP contribution < -0.4 is 5.32 Å². The van der Waals surface area contributed by atoms with E-state index in [1.165, 1.54) is 10.9 Å². The van der Waals surface area contributed by atoms with Gasteiger partial charge < -0.3 is 9.84 Å². The minimum atomic E-state index is -2.54. The lowest BCUT2D eigenvalue weighted by molar-refractivity contribution is 0.102. The molecule has 0 saturated carbocycles. The molecule has 0 bridgehead atoms. The maximum absolute atomic E-state index is 12.7. The van der Waals surface area contributed by atoms with Crippen molar-refractivity contribution in [2.45, 2.75) is 26.3 Å². The van der Waals surface area contributed by atoms with E-state index in [0.717, 1.165) is 0 Å². The largest absolute Gasteiger partial charge is 0.364 e. The zero-order valence-corrected chi connectivity index (χ0v) is 12.3. The van der Waals surface area contributed by atoms with Gasteiger partial charge in [-0.2, -0.15) is 5.10 Å². The Kier molecular flexibility index (Phi) is 4.05. The number of alkyl halides is 2. The van der Waals surface area contributed by atoms with E-state index in [4.69, 9.17) is 4.52 Å². The predicted molar refractivity (Wildman–Crippen MR) is 79.6 cm³/mol. The van der Waals surface area contributed by atoms with Crippen molar-refractivity contribution in [1.29, 1.82) is 0 Å². The van der Waals surface area contributed by atoms with Crippen molar-refractivity contribution in [3.63, 3.8) is 0 Å². The van der Waals surface area contributed by atoms with Gasteiger partial charge in [0.2, 0.25) is 0 Å². The summed E-state index contributed by atoms with van der Waals surface area (Å²) in [6.07, 6.45) is -0.738. The van der Waals surface area contributed by atoms with Gasteiger partial charge in [-0.1, -0.05) is 24.2 Å². The molecule has 0 radical (unpaired) electrons. The highest BCUT2D eigenvalue weighted by Crippen LogP contribution is 2.24. The highest BCUT2D eigenvalue weighted by molar-refractivity contribution is 6.08. The molecule has 2 heterocycles. The Morgan fingerprint density at radius 2 is 2.17 bits per heavy atom. The molecule has 6 nitrogen and oxygen atoms in total. The molecule has 3 rings (SSSR count). The van der Waals surface area contributed by atoms with Gasteiger partial charge in [0.1, 0.15) is 18.4 Å². The molecule has 0 aliphatic rings. The van der Waals surface area contributed by atoms with E-state index in [0.29, 0.717) is 28.6 Å². The lowest BCUT2D eigenvalue weighted by Crippen LogP contribution is -2.14. The summed E-state index contributed by atoms with van der Waals surface area (Å²) in [5.41, 5.74) is 1.36. The quantitative estimate of drug-likeness (QED) is 0.784. The van der Waals surface area contributed by atoms with Crippen molar-refractivity contribution in [3.05, 3.63) is 41.8 Å². The van der Waals surface area contributed by atoms with Gasteiger partial charge >= 0.3 is 0 Å². The van der Waals surface area contributed by atoms with Gasteiger partial charge in [0.15, 0.2) is 5.82 Å². The number of carbonyl (C=O) groups is 1. The average Bonchev–Trinajstić information content (AvgIpc) is 3.13. The number of para-hydroxylation sites is 1. The topological polar surface area (TPSA) is 73.0 Å². The van der Waals surface area contributed by atoms with Crippen LogP contribution in [0.2, 0.25) is 0 Å². The maximum Gasteiger partial charge on any atom is 0.262 e. The molecule has 120 valence electrons. The summed E-state index contributed by atoms with van der Waals surface area (Å²) >= 11 is 0.